The molecule has 1 aliphatic rings. The SMILES string of the molecule is COc1cc(C=C2C(=O)N(C)C(=S)N(C)C2=O)ccc1O[C@@H](C)C(=O)O. The second-order valence-corrected chi connectivity index (χ2v) is 5.94. The van der Waals surface area contributed by atoms with E-state index in [4.69, 9.17) is 26.8 Å². The molecule has 0 aromatic heterocycles. The van der Waals surface area contributed by atoms with Gasteiger partial charge in [-0.2, -0.15) is 0 Å². The molecule has 0 aliphatic carbocycles. The highest BCUT2D eigenvalue weighted by atomic mass is 32.1. The number of nitrogens with zero attached hydrogens (tertiary/aromatic N) is 2. The lowest BCUT2D eigenvalue weighted by molar-refractivity contribution is -0.144. The van der Waals surface area contributed by atoms with Crippen LogP contribution in [-0.2, 0) is 14.4 Å². The maximum atomic E-state index is 12.3. The Hall–Kier alpha value is -2.94. The predicted molar refractivity (Wildman–Crippen MR) is 96.8 cm³/mol. The molecule has 9 heteroatoms. The first-order valence-electron chi connectivity index (χ1n) is 7.56. The van der Waals surface area contributed by atoms with Crippen molar-refractivity contribution < 1.29 is 29.0 Å². The van der Waals surface area contributed by atoms with Crippen LogP contribution in [0.25, 0.3) is 6.08 Å². The van der Waals surface area contributed by atoms with Crippen LogP contribution < -0.4 is 9.47 Å². The summed E-state index contributed by atoms with van der Waals surface area (Å²) >= 11 is 5.04. The third-order valence-corrected chi connectivity index (χ3v) is 4.34. The summed E-state index contributed by atoms with van der Waals surface area (Å²) in [4.78, 5) is 38.0. The first-order chi connectivity index (χ1) is 12.2. The molecular weight excluding hydrogens is 360 g/mol. The van der Waals surface area contributed by atoms with E-state index in [-0.39, 0.29) is 22.2 Å². The molecule has 1 saturated heterocycles. The molecule has 1 N–H and O–H groups in total. The lowest BCUT2D eigenvalue weighted by Gasteiger charge is -2.31. The van der Waals surface area contributed by atoms with Gasteiger partial charge in [-0.3, -0.25) is 19.4 Å². The van der Waals surface area contributed by atoms with E-state index in [0.717, 1.165) is 0 Å². The van der Waals surface area contributed by atoms with E-state index in [9.17, 15) is 14.4 Å². The number of benzene rings is 1. The van der Waals surface area contributed by atoms with Crippen molar-refractivity contribution in [2.75, 3.05) is 21.2 Å². The predicted octanol–water partition coefficient (Wildman–Crippen LogP) is 1.15. The van der Waals surface area contributed by atoms with Crippen molar-refractivity contribution in [2.24, 2.45) is 0 Å². The Balaban J connectivity index is 2.38. The van der Waals surface area contributed by atoms with Crippen LogP contribution in [0.3, 0.4) is 0 Å². The molecule has 2 rings (SSSR count). The minimum absolute atomic E-state index is 0.0433. The van der Waals surface area contributed by atoms with Gasteiger partial charge in [-0.25, -0.2) is 4.79 Å². The fraction of sp³-hybridized carbons (Fsp3) is 0.294. The molecule has 1 fully saturated rings. The molecule has 1 heterocycles. The average molecular weight is 378 g/mol. The number of aliphatic carboxylic acids is 1. The Kier molecular flexibility index (Phi) is 5.61. The van der Waals surface area contributed by atoms with Crippen molar-refractivity contribution >= 4 is 41.2 Å². The van der Waals surface area contributed by atoms with Crippen LogP contribution in [0.2, 0.25) is 0 Å². The molecule has 138 valence electrons. The zero-order valence-corrected chi connectivity index (χ0v) is 15.5. The molecule has 26 heavy (non-hydrogen) atoms. The summed E-state index contributed by atoms with van der Waals surface area (Å²) in [5, 5.41) is 9.06. The number of rotatable bonds is 5. The minimum Gasteiger partial charge on any atom is -0.493 e. The maximum Gasteiger partial charge on any atom is 0.344 e. The number of carboxylic acid groups (broad SMARTS) is 1. The van der Waals surface area contributed by atoms with E-state index in [1.165, 1.54) is 50.1 Å². The van der Waals surface area contributed by atoms with E-state index >= 15 is 0 Å². The summed E-state index contributed by atoms with van der Waals surface area (Å²) in [6.45, 7) is 1.39. The smallest absolute Gasteiger partial charge is 0.344 e. The molecule has 0 saturated carbocycles. The van der Waals surface area contributed by atoms with E-state index < -0.39 is 23.9 Å². The van der Waals surface area contributed by atoms with Crippen LogP contribution in [0.4, 0.5) is 0 Å². The number of thiocarbonyl (C=S) groups is 1. The highest BCUT2D eigenvalue weighted by molar-refractivity contribution is 7.80. The Morgan fingerprint density at radius 1 is 1.19 bits per heavy atom. The Morgan fingerprint density at radius 3 is 2.27 bits per heavy atom. The van der Waals surface area contributed by atoms with E-state index in [2.05, 4.69) is 0 Å². The lowest BCUT2D eigenvalue weighted by atomic mass is 10.1. The summed E-state index contributed by atoms with van der Waals surface area (Å²) < 4.78 is 10.5. The molecule has 0 radical (unpaired) electrons. The summed E-state index contributed by atoms with van der Waals surface area (Å²) in [6, 6.07) is 4.65. The summed E-state index contributed by atoms with van der Waals surface area (Å²) in [5.41, 5.74) is 0.474. The standard InChI is InChI=1S/C17H18N2O6S/c1-9(16(22)23)25-12-6-5-10(8-13(12)24-4)7-11-14(20)18(2)17(26)19(3)15(11)21/h5-9H,1-4H3,(H,22,23)/t9-/m0/s1. The zero-order valence-electron chi connectivity index (χ0n) is 14.7. The molecule has 1 aromatic rings. The van der Waals surface area contributed by atoms with Gasteiger partial charge >= 0.3 is 5.97 Å². The highest BCUT2D eigenvalue weighted by Crippen LogP contribution is 2.30. The monoisotopic (exact) mass is 378 g/mol. The number of likely N-dealkylation sites (N-methyl/N-ethyl adjacent to an activating group) is 2. The number of amides is 2. The van der Waals surface area contributed by atoms with Crippen molar-refractivity contribution in [2.45, 2.75) is 13.0 Å². The van der Waals surface area contributed by atoms with E-state index in [1.54, 1.807) is 12.1 Å². The van der Waals surface area contributed by atoms with E-state index in [1.807, 2.05) is 0 Å². The molecule has 1 aromatic carbocycles. The van der Waals surface area contributed by atoms with E-state index in [0.29, 0.717) is 5.56 Å². The zero-order chi connectivity index (χ0) is 19.6. The quantitative estimate of drug-likeness (QED) is 0.466. The molecule has 0 bridgehead atoms. The third kappa shape index (κ3) is 3.67. The number of carbonyl (C=O) groups is 3. The van der Waals surface area contributed by atoms with Gasteiger partial charge in [0, 0.05) is 14.1 Å². The van der Waals surface area contributed by atoms with Crippen molar-refractivity contribution in [1.29, 1.82) is 0 Å². The van der Waals surface area contributed by atoms with Gasteiger partial charge in [-0.05, 0) is 42.9 Å². The first kappa shape index (κ1) is 19.4. The topological polar surface area (TPSA) is 96.4 Å². The van der Waals surface area contributed by atoms with Gasteiger partial charge in [-0.15, -0.1) is 0 Å². The molecule has 1 aliphatic heterocycles. The van der Waals surface area contributed by atoms with Crippen molar-refractivity contribution in [3.8, 4) is 11.5 Å². The average Bonchev–Trinajstić information content (AvgIpc) is 2.62. The summed E-state index contributed by atoms with van der Waals surface area (Å²) in [5.74, 6) is -1.60. The molecular formula is C17H18N2O6S. The lowest BCUT2D eigenvalue weighted by Crippen LogP contribution is -2.52. The molecule has 8 nitrogen and oxygen atoms in total. The van der Waals surface area contributed by atoms with Crippen LogP contribution in [0, 0.1) is 0 Å². The van der Waals surface area contributed by atoms with Gasteiger partial charge in [0.05, 0.1) is 7.11 Å². The molecule has 2 amide bonds. The van der Waals surface area contributed by atoms with Gasteiger partial charge in [0.1, 0.15) is 5.57 Å². The number of hydrogen-bond donors (Lipinski definition) is 1. The van der Waals surface area contributed by atoms with Crippen LogP contribution in [0.15, 0.2) is 23.8 Å². The normalized spacial score (nSPS) is 15.8. The number of hydrogen-bond acceptors (Lipinski definition) is 6. The summed E-state index contributed by atoms with van der Waals surface area (Å²) in [6.07, 6.45) is 0.365. The second kappa shape index (κ2) is 7.52. The molecule has 0 spiro atoms. The van der Waals surface area contributed by atoms with Crippen molar-refractivity contribution in [1.82, 2.24) is 9.80 Å². The van der Waals surface area contributed by atoms with Gasteiger partial charge < -0.3 is 14.6 Å². The van der Waals surface area contributed by atoms with Crippen LogP contribution in [-0.4, -0.2) is 65.1 Å². The Labute approximate surface area is 155 Å². The van der Waals surface area contributed by atoms with Gasteiger partial charge in [0.15, 0.2) is 22.7 Å². The van der Waals surface area contributed by atoms with Crippen molar-refractivity contribution in [3.05, 3.63) is 29.3 Å². The fourth-order valence-electron chi connectivity index (χ4n) is 2.25. The van der Waals surface area contributed by atoms with Gasteiger partial charge in [0.2, 0.25) is 0 Å². The Bertz CT molecular complexity index is 793. The molecule has 1 atom stereocenters. The number of ether oxygens (including phenoxy) is 2. The minimum atomic E-state index is -1.11. The first-order valence-corrected chi connectivity index (χ1v) is 7.97. The number of methoxy groups -OCH3 is 1. The van der Waals surface area contributed by atoms with Crippen LogP contribution in [0.1, 0.15) is 12.5 Å². The summed E-state index contributed by atoms with van der Waals surface area (Å²) in [7, 11) is 4.39. The molecule has 0 unspecified atom stereocenters. The number of carbonyl (C=O) groups excluding carboxylic acids is 2. The number of carboxylic acids is 1. The van der Waals surface area contributed by atoms with Crippen LogP contribution in [0.5, 0.6) is 11.5 Å². The maximum absolute atomic E-state index is 12.3. The fourth-order valence-corrected chi connectivity index (χ4v) is 2.42. The highest BCUT2D eigenvalue weighted by Gasteiger charge is 2.35. The second-order valence-electron chi connectivity index (χ2n) is 5.58. The Morgan fingerprint density at radius 2 is 1.77 bits per heavy atom. The van der Waals surface area contributed by atoms with Gasteiger partial charge in [-0.1, -0.05) is 6.07 Å². The van der Waals surface area contributed by atoms with Crippen LogP contribution >= 0.6 is 12.2 Å². The van der Waals surface area contributed by atoms with Crippen molar-refractivity contribution in [3.63, 3.8) is 0 Å². The van der Waals surface area contributed by atoms with Gasteiger partial charge in [0.25, 0.3) is 11.8 Å². The largest absolute Gasteiger partial charge is 0.493 e. The third-order valence-electron chi connectivity index (χ3n) is 3.79.